The van der Waals surface area contributed by atoms with Crippen molar-refractivity contribution in [1.29, 1.82) is 0 Å². The van der Waals surface area contributed by atoms with Crippen LogP contribution in [0.15, 0.2) is 16.6 Å². The lowest BCUT2D eigenvalue weighted by atomic mass is 9.85. The molecule has 1 unspecified atom stereocenters. The molecule has 194 valence electrons. The number of nitrogen functional groups attached to an aromatic ring is 2. The van der Waals surface area contributed by atoms with Gasteiger partial charge in [-0.25, -0.2) is 9.97 Å². The lowest BCUT2D eigenvalue weighted by Crippen LogP contribution is -2.39. The number of hydrogen-bond donors (Lipinski definition) is 5. The molecule has 9 nitrogen and oxygen atoms in total. The van der Waals surface area contributed by atoms with Gasteiger partial charge in [-0.15, -0.1) is 0 Å². The Hall–Kier alpha value is -2.14. The number of carbonyl (C=O) groups is 1. The summed E-state index contributed by atoms with van der Waals surface area (Å²) in [5, 5.41) is 16.9. The minimum atomic E-state index is -0.445. The number of nitrogens with two attached hydrogens (primary N) is 2. The van der Waals surface area contributed by atoms with E-state index in [1.54, 1.807) is 0 Å². The first-order chi connectivity index (χ1) is 16.3. The zero-order chi connectivity index (χ0) is 26.3. The van der Waals surface area contributed by atoms with E-state index in [0.29, 0.717) is 17.6 Å². The number of carbonyl (C=O) groups excluding carboxylic acids is 1. The van der Waals surface area contributed by atoms with Crippen molar-refractivity contribution in [1.82, 2.24) is 25.5 Å². The van der Waals surface area contributed by atoms with Crippen LogP contribution in [0.4, 0.5) is 11.6 Å². The molecule has 0 aliphatic carbocycles. The van der Waals surface area contributed by atoms with Gasteiger partial charge in [-0.1, -0.05) is 39.3 Å². The molecule has 1 aromatic heterocycles. The summed E-state index contributed by atoms with van der Waals surface area (Å²) >= 11 is 9.35. The van der Waals surface area contributed by atoms with Crippen LogP contribution in [-0.2, 0) is 5.41 Å². The van der Waals surface area contributed by atoms with Gasteiger partial charge in [0.15, 0.2) is 22.5 Å². The van der Waals surface area contributed by atoms with Gasteiger partial charge in [0.2, 0.25) is 0 Å². The summed E-state index contributed by atoms with van der Waals surface area (Å²) in [6, 6.07) is 4.00. The van der Waals surface area contributed by atoms with Gasteiger partial charge in [-0.2, -0.15) is 0 Å². The van der Waals surface area contributed by atoms with Gasteiger partial charge < -0.3 is 32.1 Å². The molecule has 1 atom stereocenters. The summed E-state index contributed by atoms with van der Waals surface area (Å²) in [6.45, 7) is 14.1. The zero-order valence-corrected chi connectivity index (χ0v) is 23.4. The first kappa shape index (κ1) is 29.1. The summed E-state index contributed by atoms with van der Waals surface area (Å²) in [5.41, 5.74) is 13.3. The fraction of sp³-hybridized carbons (Fsp3) is 0.542. The van der Waals surface area contributed by atoms with Crippen LogP contribution < -0.4 is 22.1 Å². The predicted octanol–water partition coefficient (Wildman–Crippen LogP) is 3.85. The Morgan fingerprint density at radius 1 is 1.17 bits per heavy atom. The van der Waals surface area contributed by atoms with Crippen molar-refractivity contribution in [2.24, 2.45) is 0 Å². The maximum atomic E-state index is 12.4. The van der Waals surface area contributed by atoms with Crippen molar-refractivity contribution in [2.45, 2.75) is 52.5 Å². The number of hydrogen-bond acceptors (Lipinski definition) is 8. The Balaban J connectivity index is 1.92. The van der Waals surface area contributed by atoms with E-state index in [9.17, 15) is 9.90 Å². The summed E-state index contributed by atoms with van der Waals surface area (Å²) < 4.78 is 0.699. The SMILES string of the molecule is CCCN(CCNC(=O)c1nc(Cl)c(N)nc1N)CCNC(C)c1cc(C(C)(C)C)cc(Br)c1O. The molecule has 11 heteroatoms. The van der Waals surface area contributed by atoms with Crippen molar-refractivity contribution in [3.63, 3.8) is 0 Å². The van der Waals surface area contributed by atoms with Crippen LogP contribution in [0.3, 0.4) is 0 Å². The molecule has 0 aliphatic heterocycles. The van der Waals surface area contributed by atoms with Gasteiger partial charge in [-0.3, -0.25) is 4.79 Å². The molecular weight excluding hydrogens is 534 g/mol. The zero-order valence-electron chi connectivity index (χ0n) is 21.1. The molecule has 1 amide bonds. The number of amides is 1. The molecule has 0 spiro atoms. The van der Waals surface area contributed by atoms with E-state index in [1.165, 1.54) is 0 Å². The van der Waals surface area contributed by atoms with E-state index >= 15 is 0 Å². The normalized spacial score (nSPS) is 12.7. The molecule has 0 saturated carbocycles. The van der Waals surface area contributed by atoms with Crippen LogP contribution in [0.2, 0.25) is 5.15 Å². The number of nitrogens with one attached hydrogen (secondary N) is 2. The summed E-state index contributed by atoms with van der Waals surface area (Å²) in [6.07, 6.45) is 0.983. The number of anilines is 2. The lowest BCUT2D eigenvalue weighted by Gasteiger charge is -2.25. The number of rotatable bonds is 11. The van der Waals surface area contributed by atoms with Gasteiger partial charge in [0.25, 0.3) is 5.91 Å². The van der Waals surface area contributed by atoms with Crippen LogP contribution in [0.1, 0.15) is 68.7 Å². The van der Waals surface area contributed by atoms with Gasteiger partial charge >= 0.3 is 0 Å². The number of phenols is 1. The second kappa shape index (κ2) is 12.7. The molecule has 2 rings (SSSR count). The van der Waals surface area contributed by atoms with Gasteiger partial charge in [-0.05, 0) is 58.9 Å². The first-order valence-electron chi connectivity index (χ1n) is 11.7. The molecule has 1 aromatic carbocycles. The van der Waals surface area contributed by atoms with Crippen LogP contribution in [-0.4, -0.2) is 58.6 Å². The highest BCUT2D eigenvalue weighted by molar-refractivity contribution is 9.10. The third-order valence-electron chi connectivity index (χ3n) is 5.68. The highest BCUT2D eigenvalue weighted by atomic mass is 79.9. The van der Waals surface area contributed by atoms with Crippen LogP contribution in [0.25, 0.3) is 0 Å². The summed E-state index contributed by atoms with van der Waals surface area (Å²) in [4.78, 5) is 22.5. The third kappa shape index (κ3) is 8.20. The quantitative estimate of drug-likeness (QED) is 0.274. The van der Waals surface area contributed by atoms with E-state index in [0.717, 1.165) is 37.2 Å². The second-order valence-electron chi connectivity index (χ2n) is 9.55. The van der Waals surface area contributed by atoms with Gasteiger partial charge in [0.1, 0.15) is 5.75 Å². The number of aromatic hydroxyl groups is 1. The number of nitrogens with zero attached hydrogens (tertiary/aromatic N) is 3. The predicted molar refractivity (Wildman–Crippen MR) is 146 cm³/mol. The Bertz CT molecular complexity index is 1030. The topological polar surface area (TPSA) is 142 Å². The molecule has 0 saturated heterocycles. The van der Waals surface area contributed by atoms with E-state index in [4.69, 9.17) is 23.1 Å². The largest absolute Gasteiger partial charge is 0.506 e. The van der Waals surface area contributed by atoms with E-state index < -0.39 is 5.91 Å². The Kier molecular flexibility index (Phi) is 10.6. The van der Waals surface area contributed by atoms with Crippen molar-refractivity contribution in [3.8, 4) is 5.75 Å². The summed E-state index contributed by atoms with van der Waals surface area (Å²) in [7, 11) is 0. The van der Waals surface area contributed by atoms with Crippen molar-refractivity contribution in [3.05, 3.63) is 38.6 Å². The fourth-order valence-electron chi connectivity index (χ4n) is 3.60. The van der Waals surface area contributed by atoms with Crippen molar-refractivity contribution in [2.75, 3.05) is 44.2 Å². The Labute approximate surface area is 221 Å². The van der Waals surface area contributed by atoms with E-state index in [2.05, 4.69) is 75.2 Å². The van der Waals surface area contributed by atoms with Crippen LogP contribution in [0.5, 0.6) is 5.75 Å². The number of phenolic OH excluding ortho intramolecular Hbond substituents is 1. The van der Waals surface area contributed by atoms with Gasteiger partial charge in [0, 0.05) is 37.8 Å². The molecular formula is C24H37BrClN7O2. The second-order valence-corrected chi connectivity index (χ2v) is 10.8. The third-order valence-corrected chi connectivity index (χ3v) is 6.56. The molecule has 0 aliphatic rings. The molecule has 0 radical (unpaired) electrons. The molecule has 0 fully saturated rings. The average Bonchev–Trinajstić information content (AvgIpc) is 2.77. The highest BCUT2D eigenvalue weighted by Crippen LogP contribution is 2.37. The minimum absolute atomic E-state index is 0.0117. The number of halogens is 2. The Morgan fingerprint density at radius 3 is 2.46 bits per heavy atom. The minimum Gasteiger partial charge on any atom is -0.506 e. The first-order valence-corrected chi connectivity index (χ1v) is 12.9. The molecule has 35 heavy (non-hydrogen) atoms. The average molecular weight is 571 g/mol. The van der Waals surface area contributed by atoms with Crippen molar-refractivity contribution >= 4 is 45.1 Å². The monoisotopic (exact) mass is 569 g/mol. The lowest BCUT2D eigenvalue weighted by molar-refractivity contribution is 0.0944. The molecule has 2 aromatic rings. The maximum absolute atomic E-state index is 12.4. The van der Waals surface area contributed by atoms with Crippen LogP contribution in [0, 0.1) is 0 Å². The smallest absolute Gasteiger partial charge is 0.273 e. The fourth-order valence-corrected chi connectivity index (χ4v) is 4.21. The maximum Gasteiger partial charge on any atom is 0.273 e. The Morgan fingerprint density at radius 2 is 1.83 bits per heavy atom. The highest BCUT2D eigenvalue weighted by Gasteiger charge is 2.21. The standard InChI is InChI=1S/C24H37BrClN7O2/c1-6-9-33(11-8-30-23(35)18-21(27)32-22(28)20(26)31-18)10-7-29-14(2)16-12-15(24(3,4)5)13-17(25)19(16)34/h12-14,29,34H,6-11H2,1-5H3,(H,30,35)(H4,27,28,32). The molecule has 1 heterocycles. The molecule has 7 N–H and O–H groups in total. The molecule has 0 bridgehead atoms. The van der Waals surface area contributed by atoms with Gasteiger partial charge in [0.05, 0.1) is 4.47 Å². The summed E-state index contributed by atoms with van der Waals surface area (Å²) in [5.74, 6) is -0.253. The van der Waals surface area contributed by atoms with E-state index in [-0.39, 0.29) is 39.7 Å². The number of benzene rings is 1. The van der Waals surface area contributed by atoms with E-state index in [1.807, 2.05) is 13.0 Å². The number of aromatic nitrogens is 2. The van der Waals surface area contributed by atoms with Crippen molar-refractivity contribution < 1.29 is 9.90 Å². The van der Waals surface area contributed by atoms with Crippen LogP contribution >= 0.6 is 27.5 Å².